The molecule has 20 heavy (non-hydrogen) atoms. The predicted molar refractivity (Wildman–Crippen MR) is 76.6 cm³/mol. The maximum Gasteiger partial charge on any atom is 0.322 e. The molecule has 7 nitrogen and oxygen atoms in total. The Hall–Kier alpha value is -2.15. The predicted octanol–water partition coefficient (Wildman–Crippen LogP) is 0.942. The number of nitrogens with one attached hydrogen (secondary N) is 1. The van der Waals surface area contributed by atoms with Crippen molar-refractivity contribution >= 4 is 17.0 Å². The van der Waals surface area contributed by atoms with Crippen LogP contribution < -0.4 is 9.86 Å². The monoisotopic (exact) mass is 278 g/mol. The minimum absolute atomic E-state index is 0.144. The van der Waals surface area contributed by atoms with Crippen molar-refractivity contribution in [2.45, 2.75) is 13.8 Å². The highest BCUT2D eigenvalue weighted by atomic mass is 16.5. The van der Waals surface area contributed by atoms with Crippen molar-refractivity contribution in [1.82, 2.24) is 14.7 Å². The van der Waals surface area contributed by atoms with Gasteiger partial charge >= 0.3 is 11.5 Å². The fourth-order valence-corrected chi connectivity index (χ4v) is 2.08. The number of aromatic nitrogens is 3. The summed E-state index contributed by atoms with van der Waals surface area (Å²) in [7, 11) is 0. The van der Waals surface area contributed by atoms with Crippen LogP contribution in [0.1, 0.15) is 13.8 Å². The molecule has 1 aromatic carbocycles. The zero-order valence-electron chi connectivity index (χ0n) is 11.8. The summed E-state index contributed by atoms with van der Waals surface area (Å²) < 4.78 is 1.42. The Kier molecular flexibility index (Phi) is 4.52. The first-order valence-corrected chi connectivity index (χ1v) is 6.77. The summed E-state index contributed by atoms with van der Waals surface area (Å²) >= 11 is 0. The quantitative estimate of drug-likeness (QED) is 0.607. The molecule has 0 amide bonds. The number of fused-ring (bicyclic) bond motifs is 1. The molecule has 0 saturated carbocycles. The van der Waals surface area contributed by atoms with Crippen molar-refractivity contribution in [1.29, 1.82) is 0 Å². The van der Waals surface area contributed by atoms with E-state index < -0.39 is 0 Å². The van der Waals surface area contributed by atoms with E-state index in [0.717, 1.165) is 24.4 Å². The van der Waals surface area contributed by atoms with E-state index in [1.807, 2.05) is 0 Å². The lowest BCUT2D eigenvalue weighted by Crippen LogP contribution is -2.31. The molecule has 1 aromatic heterocycles. The molecule has 0 radical (unpaired) electrons. The van der Waals surface area contributed by atoms with Crippen LogP contribution in [0, 0.1) is 4.91 Å². The highest BCUT2D eigenvalue weighted by Crippen LogP contribution is 2.10. The number of likely N-dealkylation sites (N-methyl/N-ethyl adjacent to an activating group) is 1. The Bertz CT molecular complexity index is 636. The number of benzene rings is 1. The molecule has 0 aliphatic heterocycles. The van der Waals surface area contributed by atoms with Crippen LogP contribution in [0.5, 0.6) is 0 Å². The number of nitrogens with zero attached hydrogens (tertiary/aromatic N) is 4. The van der Waals surface area contributed by atoms with Gasteiger partial charge in [0.2, 0.25) is 0 Å². The van der Waals surface area contributed by atoms with E-state index >= 15 is 0 Å². The Morgan fingerprint density at radius 3 is 2.75 bits per heavy atom. The molecule has 0 spiro atoms. The number of hydrogen-bond acceptors (Lipinski definition) is 5. The summed E-state index contributed by atoms with van der Waals surface area (Å²) in [5, 5.41) is 16.9. The lowest BCUT2D eigenvalue weighted by molar-refractivity contribution is -0.535. The van der Waals surface area contributed by atoms with Crippen LogP contribution in [-0.4, -0.2) is 46.1 Å². The van der Waals surface area contributed by atoms with Gasteiger partial charge in [0.25, 0.3) is 0 Å². The second kappa shape index (κ2) is 6.33. The average Bonchev–Trinajstić information content (AvgIpc) is 2.48. The summed E-state index contributed by atoms with van der Waals surface area (Å²) in [4.78, 5) is 14.0. The van der Waals surface area contributed by atoms with Crippen molar-refractivity contribution in [3.05, 3.63) is 29.2 Å². The van der Waals surface area contributed by atoms with E-state index in [0.29, 0.717) is 22.1 Å². The molecule has 2 aromatic rings. The van der Waals surface area contributed by atoms with Gasteiger partial charge in [-0.3, -0.25) is 0 Å². The zero-order chi connectivity index (χ0) is 14.5. The first kappa shape index (κ1) is 14.3. The highest BCUT2D eigenvalue weighted by molar-refractivity contribution is 5.71. The first-order chi connectivity index (χ1) is 9.67. The maximum absolute atomic E-state index is 11.8. The van der Waals surface area contributed by atoms with Crippen LogP contribution in [0.15, 0.2) is 24.3 Å². The molecule has 0 bridgehead atoms. The van der Waals surface area contributed by atoms with Crippen molar-refractivity contribution in [3.63, 3.8) is 0 Å². The second-order valence-corrected chi connectivity index (χ2v) is 4.45. The fourth-order valence-electron chi connectivity index (χ4n) is 2.08. The van der Waals surface area contributed by atoms with E-state index in [2.05, 4.69) is 29.2 Å². The Morgan fingerprint density at radius 2 is 2.05 bits per heavy atom. The molecule has 0 saturated heterocycles. The van der Waals surface area contributed by atoms with E-state index in [-0.39, 0.29) is 5.95 Å². The molecule has 0 fully saturated rings. The molecule has 0 aliphatic rings. The van der Waals surface area contributed by atoms with Crippen molar-refractivity contribution < 1.29 is 9.75 Å². The van der Waals surface area contributed by atoms with Gasteiger partial charge in [-0.25, -0.2) is 0 Å². The standard InChI is InChI=1S/C13H20N5O2/c1-3-16(4-2)10-9-14-13-15-18(20)12-8-6-5-7-11(12)17(13)19/h5-8,19H,3-4,9-10H2,1-2H3,(H,14,15,20)/q+1. The summed E-state index contributed by atoms with van der Waals surface area (Å²) in [6.45, 7) is 7.53. The minimum Gasteiger partial charge on any atom is -0.425 e. The van der Waals surface area contributed by atoms with Gasteiger partial charge in [-0.1, -0.05) is 26.0 Å². The second-order valence-electron chi connectivity index (χ2n) is 4.45. The van der Waals surface area contributed by atoms with Gasteiger partial charge in [0.1, 0.15) is 0 Å². The molecule has 7 heteroatoms. The van der Waals surface area contributed by atoms with Crippen LogP contribution in [0.2, 0.25) is 0 Å². The van der Waals surface area contributed by atoms with Crippen LogP contribution in [0.4, 0.5) is 5.95 Å². The third-order valence-corrected chi connectivity index (χ3v) is 3.31. The van der Waals surface area contributed by atoms with Crippen LogP contribution in [0.3, 0.4) is 0 Å². The van der Waals surface area contributed by atoms with Crippen LogP contribution >= 0.6 is 0 Å². The maximum atomic E-state index is 11.8. The molecule has 2 rings (SSSR count). The topological polar surface area (TPSA) is 76.3 Å². The lowest BCUT2D eigenvalue weighted by atomic mass is 10.3. The van der Waals surface area contributed by atoms with E-state index in [9.17, 15) is 10.1 Å². The molecule has 0 aliphatic carbocycles. The third kappa shape index (κ3) is 2.88. The van der Waals surface area contributed by atoms with Crippen molar-refractivity contribution in [3.8, 4) is 0 Å². The fraction of sp³-hybridized carbons (Fsp3) is 0.462. The SMILES string of the molecule is CCN(CC)CCNc1n[n+](=O)c2ccccc2n1O. The Balaban J connectivity index is 2.19. The van der Waals surface area contributed by atoms with Crippen LogP contribution in [0.25, 0.3) is 11.0 Å². The van der Waals surface area contributed by atoms with Gasteiger partial charge in [-0.15, -0.1) is 4.73 Å². The van der Waals surface area contributed by atoms with Gasteiger partial charge in [-0.05, 0) is 19.2 Å². The van der Waals surface area contributed by atoms with Crippen molar-refractivity contribution in [2.24, 2.45) is 0 Å². The molecular formula is C13H20N5O2+. The minimum atomic E-state index is 0.144. The summed E-state index contributed by atoms with van der Waals surface area (Å²) in [6, 6.07) is 6.77. The summed E-state index contributed by atoms with van der Waals surface area (Å²) in [5.41, 5.74) is 0.743. The third-order valence-electron chi connectivity index (χ3n) is 3.31. The van der Waals surface area contributed by atoms with Gasteiger partial charge in [0.15, 0.2) is 10.1 Å². The average molecular weight is 278 g/mol. The Morgan fingerprint density at radius 1 is 1.35 bits per heavy atom. The normalized spacial score (nSPS) is 11.2. The van der Waals surface area contributed by atoms with E-state index in [1.54, 1.807) is 24.3 Å². The van der Waals surface area contributed by atoms with Gasteiger partial charge in [-0.2, -0.15) is 0 Å². The first-order valence-electron chi connectivity index (χ1n) is 6.77. The number of para-hydroxylation sites is 2. The van der Waals surface area contributed by atoms with E-state index in [1.165, 1.54) is 0 Å². The van der Waals surface area contributed by atoms with E-state index in [4.69, 9.17) is 0 Å². The molecule has 108 valence electrons. The van der Waals surface area contributed by atoms with Crippen molar-refractivity contribution in [2.75, 3.05) is 31.5 Å². The highest BCUT2D eigenvalue weighted by Gasteiger charge is 2.16. The zero-order valence-corrected chi connectivity index (χ0v) is 11.8. The smallest absolute Gasteiger partial charge is 0.322 e. The molecule has 1 heterocycles. The van der Waals surface area contributed by atoms with Gasteiger partial charge < -0.3 is 15.4 Å². The molecule has 0 unspecified atom stereocenters. The number of hydrogen-bond donors (Lipinski definition) is 2. The molecular weight excluding hydrogens is 258 g/mol. The number of rotatable bonds is 6. The summed E-state index contributed by atoms with van der Waals surface area (Å²) in [5.74, 6) is 0.144. The Labute approximate surface area is 117 Å². The van der Waals surface area contributed by atoms with Crippen LogP contribution in [-0.2, 0) is 0 Å². The molecule has 2 N–H and O–H groups in total. The lowest BCUT2D eigenvalue weighted by Gasteiger charge is -2.17. The van der Waals surface area contributed by atoms with Gasteiger partial charge in [0, 0.05) is 19.2 Å². The molecule has 0 atom stereocenters. The largest absolute Gasteiger partial charge is 0.425 e. The summed E-state index contributed by atoms with van der Waals surface area (Å²) in [6.07, 6.45) is 0. The van der Waals surface area contributed by atoms with Gasteiger partial charge in [0.05, 0.1) is 10.0 Å². The number of anilines is 1.